The minimum absolute atomic E-state index is 0.241. The Bertz CT molecular complexity index is 779. The van der Waals surface area contributed by atoms with Crippen molar-refractivity contribution < 1.29 is 4.39 Å². The van der Waals surface area contributed by atoms with Crippen LogP contribution in [-0.4, -0.2) is 14.8 Å². The molecule has 0 aliphatic carbocycles. The summed E-state index contributed by atoms with van der Waals surface area (Å²) >= 11 is 6.14. The van der Waals surface area contributed by atoms with Crippen LogP contribution in [0.2, 0.25) is 5.02 Å². The van der Waals surface area contributed by atoms with Crippen molar-refractivity contribution in [3.05, 3.63) is 53.6 Å². The van der Waals surface area contributed by atoms with Crippen LogP contribution >= 0.6 is 11.6 Å². The average Bonchev–Trinajstić information content (AvgIpc) is 2.75. The van der Waals surface area contributed by atoms with E-state index in [1.807, 2.05) is 6.07 Å². The number of hydrogen-bond acceptors (Lipinski definition) is 3. The minimum Gasteiger partial charge on any atom is -0.383 e. The number of benzene rings is 1. The summed E-state index contributed by atoms with van der Waals surface area (Å²) in [5, 5.41) is 4.61. The van der Waals surface area contributed by atoms with Crippen molar-refractivity contribution in [3.8, 4) is 22.4 Å². The first-order chi connectivity index (χ1) is 10.1. The van der Waals surface area contributed by atoms with Gasteiger partial charge in [-0.2, -0.15) is 5.10 Å². The molecule has 0 fully saturated rings. The number of nitrogen functional groups attached to an aromatic ring is 1. The molecule has 3 aromatic rings. The molecule has 1 aromatic carbocycles. The molecule has 0 unspecified atom stereocenters. The lowest BCUT2D eigenvalue weighted by atomic mass is 10.0. The Morgan fingerprint density at radius 1 is 1.19 bits per heavy atom. The molecule has 0 radical (unpaired) electrons. The maximum Gasteiger partial charge on any atom is 0.134 e. The van der Waals surface area contributed by atoms with Crippen LogP contribution in [0.1, 0.15) is 0 Å². The van der Waals surface area contributed by atoms with Gasteiger partial charge < -0.3 is 5.73 Å². The maximum atomic E-state index is 14.2. The summed E-state index contributed by atoms with van der Waals surface area (Å²) in [6.45, 7) is 0. The molecule has 0 aliphatic heterocycles. The molecule has 2 heterocycles. The molecule has 4 nitrogen and oxygen atoms in total. The zero-order valence-corrected chi connectivity index (χ0v) is 12.0. The van der Waals surface area contributed by atoms with Crippen LogP contribution in [0.15, 0.2) is 42.7 Å². The summed E-state index contributed by atoms with van der Waals surface area (Å²) < 4.78 is 15.7. The third-order valence-corrected chi connectivity index (χ3v) is 3.56. The molecule has 106 valence electrons. The van der Waals surface area contributed by atoms with Gasteiger partial charge in [0.15, 0.2) is 0 Å². The average molecular weight is 303 g/mol. The molecule has 0 aliphatic rings. The second kappa shape index (κ2) is 5.18. The molecule has 0 spiro atoms. The Morgan fingerprint density at radius 3 is 2.67 bits per heavy atom. The highest BCUT2D eigenvalue weighted by Gasteiger charge is 2.21. The molecule has 2 N–H and O–H groups in total. The second-order valence-electron chi connectivity index (χ2n) is 4.57. The van der Waals surface area contributed by atoms with E-state index in [0.29, 0.717) is 22.1 Å². The quantitative estimate of drug-likeness (QED) is 0.788. The summed E-state index contributed by atoms with van der Waals surface area (Å²) in [5.41, 5.74) is 8.11. The number of nitrogens with zero attached hydrogens (tertiary/aromatic N) is 3. The molecule has 0 bridgehead atoms. The van der Waals surface area contributed by atoms with E-state index in [9.17, 15) is 4.39 Å². The Labute approximate surface area is 126 Å². The van der Waals surface area contributed by atoms with Gasteiger partial charge in [-0.1, -0.05) is 23.7 Å². The minimum atomic E-state index is -0.439. The van der Waals surface area contributed by atoms with Crippen LogP contribution in [0, 0.1) is 5.82 Å². The van der Waals surface area contributed by atoms with Crippen LogP contribution in [-0.2, 0) is 7.05 Å². The van der Waals surface area contributed by atoms with Crippen LogP contribution in [0.5, 0.6) is 0 Å². The molecule has 2 aromatic heterocycles. The standard InChI is InChI=1S/C15H12ClFN4/c1-21-15(18)12(9-4-3-7-19-8-9)14(20-21)13-10(16)5-2-6-11(13)17/h2-8H,18H2,1H3. The molecule has 0 atom stereocenters. The second-order valence-corrected chi connectivity index (χ2v) is 4.98. The van der Waals surface area contributed by atoms with Gasteiger partial charge in [0, 0.05) is 25.0 Å². The molecule has 0 saturated heterocycles. The monoisotopic (exact) mass is 302 g/mol. The first-order valence-electron chi connectivity index (χ1n) is 6.27. The summed E-state index contributed by atoms with van der Waals surface area (Å²) in [6.07, 6.45) is 3.32. The fraction of sp³-hybridized carbons (Fsp3) is 0.0667. The number of halogens is 2. The Hall–Kier alpha value is -2.40. The predicted molar refractivity (Wildman–Crippen MR) is 81.3 cm³/mol. The van der Waals surface area contributed by atoms with E-state index >= 15 is 0 Å². The highest BCUT2D eigenvalue weighted by molar-refractivity contribution is 6.33. The molecule has 3 rings (SSSR count). The number of hydrogen-bond donors (Lipinski definition) is 1. The normalized spacial score (nSPS) is 10.8. The topological polar surface area (TPSA) is 56.7 Å². The largest absolute Gasteiger partial charge is 0.383 e. The van der Waals surface area contributed by atoms with Gasteiger partial charge in [0.25, 0.3) is 0 Å². The van der Waals surface area contributed by atoms with Crippen molar-refractivity contribution in [2.75, 3.05) is 5.73 Å². The Balaban J connectivity index is 2.33. The molecule has 0 amide bonds. The predicted octanol–water partition coefficient (Wildman–Crippen LogP) is 3.52. The maximum absolute atomic E-state index is 14.2. The van der Waals surface area contributed by atoms with Crippen LogP contribution < -0.4 is 5.73 Å². The number of nitrogens with two attached hydrogens (primary N) is 1. The summed E-state index contributed by atoms with van der Waals surface area (Å²) in [5.74, 6) is -0.0111. The molecular weight excluding hydrogens is 291 g/mol. The third-order valence-electron chi connectivity index (χ3n) is 3.24. The van der Waals surface area contributed by atoms with Gasteiger partial charge in [-0.15, -0.1) is 0 Å². The van der Waals surface area contributed by atoms with Gasteiger partial charge >= 0.3 is 0 Å². The van der Waals surface area contributed by atoms with Gasteiger partial charge in [-0.05, 0) is 18.2 Å². The van der Waals surface area contributed by atoms with Crippen molar-refractivity contribution in [1.82, 2.24) is 14.8 Å². The number of aromatic nitrogens is 3. The van der Waals surface area contributed by atoms with Crippen LogP contribution in [0.3, 0.4) is 0 Å². The van der Waals surface area contributed by atoms with Gasteiger partial charge in [0.05, 0.1) is 16.1 Å². The summed E-state index contributed by atoms with van der Waals surface area (Å²) in [6, 6.07) is 8.15. The van der Waals surface area contributed by atoms with E-state index in [-0.39, 0.29) is 5.56 Å². The highest BCUT2D eigenvalue weighted by Crippen LogP contribution is 2.39. The number of pyridine rings is 1. The fourth-order valence-electron chi connectivity index (χ4n) is 2.23. The van der Waals surface area contributed by atoms with Gasteiger partial charge in [-0.25, -0.2) is 4.39 Å². The van der Waals surface area contributed by atoms with Crippen molar-refractivity contribution in [3.63, 3.8) is 0 Å². The smallest absolute Gasteiger partial charge is 0.134 e. The molecular formula is C15H12ClFN4. The zero-order chi connectivity index (χ0) is 15.0. The first kappa shape index (κ1) is 13.6. The van der Waals surface area contributed by atoms with Crippen molar-refractivity contribution in [1.29, 1.82) is 0 Å². The van der Waals surface area contributed by atoms with Gasteiger partial charge in [-0.3, -0.25) is 9.67 Å². The van der Waals surface area contributed by atoms with Crippen LogP contribution in [0.4, 0.5) is 10.2 Å². The fourth-order valence-corrected chi connectivity index (χ4v) is 2.48. The highest BCUT2D eigenvalue weighted by atomic mass is 35.5. The number of anilines is 1. The van der Waals surface area contributed by atoms with E-state index in [1.54, 1.807) is 37.6 Å². The van der Waals surface area contributed by atoms with E-state index in [1.165, 1.54) is 10.7 Å². The van der Waals surface area contributed by atoms with E-state index in [2.05, 4.69) is 10.1 Å². The lowest BCUT2D eigenvalue weighted by Crippen LogP contribution is -1.98. The Kier molecular flexibility index (Phi) is 3.35. The van der Waals surface area contributed by atoms with E-state index < -0.39 is 5.82 Å². The van der Waals surface area contributed by atoms with Crippen molar-refractivity contribution in [2.45, 2.75) is 0 Å². The van der Waals surface area contributed by atoms with Crippen molar-refractivity contribution >= 4 is 17.4 Å². The van der Waals surface area contributed by atoms with Crippen LogP contribution in [0.25, 0.3) is 22.4 Å². The molecule has 6 heteroatoms. The Morgan fingerprint density at radius 2 is 2.00 bits per heavy atom. The zero-order valence-electron chi connectivity index (χ0n) is 11.2. The lowest BCUT2D eigenvalue weighted by Gasteiger charge is -2.06. The summed E-state index contributed by atoms with van der Waals surface area (Å²) in [7, 11) is 1.70. The van der Waals surface area contributed by atoms with E-state index in [4.69, 9.17) is 17.3 Å². The lowest BCUT2D eigenvalue weighted by molar-refractivity contribution is 0.630. The first-order valence-corrected chi connectivity index (χ1v) is 6.64. The SMILES string of the molecule is Cn1nc(-c2c(F)cccc2Cl)c(-c2cccnc2)c1N. The van der Waals surface area contributed by atoms with E-state index in [0.717, 1.165) is 5.56 Å². The number of aryl methyl sites for hydroxylation is 1. The number of rotatable bonds is 2. The molecule has 0 saturated carbocycles. The van der Waals surface area contributed by atoms with Gasteiger partial charge in [0.1, 0.15) is 17.3 Å². The van der Waals surface area contributed by atoms with Crippen molar-refractivity contribution in [2.24, 2.45) is 7.05 Å². The summed E-state index contributed by atoms with van der Waals surface area (Å²) in [4.78, 5) is 4.07. The molecule has 21 heavy (non-hydrogen) atoms. The van der Waals surface area contributed by atoms with Gasteiger partial charge in [0.2, 0.25) is 0 Å². The third kappa shape index (κ3) is 2.25.